The lowest BCUT2D eigenvalue weighted by Gasteiger charge is -2.35. The molecule has 2 amide bonds. The summed E-state index contributed by atoms with van der Waals surface area (Å²) in [6.07, 6.45) is 1.79. The molecule has 2 aliphatic heterocycles. The van der Waals surface area contributed by atoms with Crippen LogP contribution in [0, 0.1) is 12.8 Å². The number of piperidine rings is 1. The molecule has 2 atom stereocenters. The number of nitrogens with two attached hydrogens (primary N) is 1. The number of nitrogens with zero attached hydrogens (tertiary/aromatic N) is 2. The van der Waals surface area contributed by atoms with Crippen molar-refractivity contribution >= 4 is 17.5 Å². The first kappa shape index (κ1) is 23.3. The fourth-order valence-electron chi connectivity index (χ4n) is 4.78. The van der Waals surface area contributed by atoms with Crippen LogP contribution < -0.4 is 16.0 Å². The number of hydrogen-bond acceptors (Lipinski definition) is 5. The van der Waals surface area contributed by atoms with Gasteiger partial charge in [-0.05, 0) is 49.6 Å². The Bertz CT molecular complexity index is 956. The number of primary amides is 1. The summed E-state index contributed by atoms with van der Waals surface area (Å²) in [6, 6.07) is 16.2. The van der Waals surface area contributed by atoms with Crippen LogP contribution in [0.2, 0.25) is 0 Å². The zero-order valence-electron chi connectivity index (χ0n) is 19.3. The Morgan fingerprint density at radius 1 is 1.12 bits per heavy atom. The molecule has 0 radical (unpaired) electrons. The van der Waals surface area contributed by atoms with Crippen LogP contribution in [0.5, 0.6) is 0 Å². The molecule has 0 spiro atoms. The molecule has 0 unspecified atom stereocenters. The van der Waals surface area contributed by atoms with Crippen molar-refractivity contribution in [3.8, 4) is 0 Å². The topological polar surface area (TPSA) is 87.9 Å². The molecule has 176 valence electrons. The quantitative estimate of drug-likeness (QED) is 0.677. The molecule has 2 saturated heterocycles. The van der Waals surface area contributed by atoms with E-state index in [2.05, 4.69) is 46.3 Å². The minimum atomic E-state index is -0.237. The van der Waals surface area contributed by atoms with Crippen LogP contribution in [0.1, 0.15) is 40.4 Å². The van der Waals surface area contributed by atoms with Crippen LogP contribution in [0.25, 0.3) is 0 Å². The van der Waals surface area contributed by atoms with Crippen molar-refractivity contribution in [1.82, 2.24) is 10.2 Å². The molecule has 3 N–H and O–H groups in total. The third-order valence-corrected chi connectivity index (χ3v) is 6.69. The smallest absolute Gasteiger partial charge is 0.251 e. The number of carbonyl (C=O) groups is 2. The number of aryl methyl sites for hydroxylation is 1. The number of anilines is 1. The van der Waals surface area contributed by atoms with Crippen molar-refractivity contribution in [2.75, 3.05) is 50.8 Å². The molecule has 2 aliphatic rings. The van der Waals surface area contributed by atoms with E-state index in [4.69, 9.17) is 10.5 Å². The predicted molar refractivity (Wildman–Crippen MR) is 129 cm³/mol. The maximum Gasteiger partial charge on any atom is 0.251 e. The Hall–Kier alpha value is -2.90. The van der Waals surface area contributed by atoms with Crippen molar-refractivity contribution in [3.05, 3.63) is 65.2 Å². The van der Waals surface area contributed by atoms with Crippen molar-refractivity contribution in [2.45, 2.75) is 25.8 Å². The van der Waals surface area contributed by atoms with Gasteiger partial charge in [0, 0.05) is 44.0 Å². The van der Waals surface area contributed by atoms with Gasteiger partial charge in [-0.2, -0.15) is 0 Å². The van der Waals surface area contributed by atoms with Gasteiger partial charge in [-0.1, -0.05) is 29.8 Å². The van der Waals surface area contributed by atoms with Crippen LogP contribution in [0.3, 0.4) is 0 Å². The third kappa shape index (κ3) is 5.92. The lowest BCUT2D eigenvalue weighted by Crippen LogP contribution is -2.43. The van der Waals surface area contributed by atoms with Crippen molar-refractivity contribution in [1.29, 1.82) is 0 Å². The summed E-state index contributed by atoms with van der Waals surface area (Å²) in [5.74, 6) is -0.430. The van der Waals surface area contributed by atoms with Gasteiger partial charge < -0.3 is 20.7 Å². The lowest BCUT2D eigenvalue weighted by molar-refractivity contribution is -0.122. The maximum atomic E-state index is 12.9. The molecule has 2 fully saturated rings. The molecule has 7 heteroatoms. The minimum Gasteiger partial charge on any atom is -0.379 e. The summed E-state index contributed by atoms with van der Waals surface area (Å²) in [4.78, 5) is 29.1. The second-order valence-corrected chi connectivity index (χ2v) is 9.02. The van der Waals surface area contributed by atoms with Gasteiger partial charge in [0.05, 0.1) is 25.2 Å². The first-order valence-electron chi connectivity index (χ1n) is 11.8. The zero-order chi connectivity index (χ0) is 23.2. The van der Waals surface area contributed by atoms with Crippen LogP contribution in [0.15, 0.2) is 48.5 Å². The highest BCUT2D eigenvalue weighted by Gasteiger charge is 2.25. The van der Waals surface area contributed by atoms with Gasteiger partial charge in [0.25, 0.3) is 5.91 Å². The zero-order valence-corrected chi connectivity index (χ0v) is 19.3. The summed E-state index contributed by atoms with van der Waals surface area (Å²) >= 11 is 0. The number of ether oxygens (including phenoxy) is 1. The predicted octanol–water partition coefficient (Wildman–Crippen LogP) is 2.50. The molecular formula is C26H34N4O3. The highest BCUT2D eigenvalue weighted by molar-refractivity contribution is 5.94. The maximum absolute atomic E-state index is 12.9. The largest absolute Gasteiger partial charge is 0.379 e. The van der Waals surface area contributed by atoms with Crippen LogP contribution in [-0.2, 0) is 9.53 Å². The van der Waals surface area contributed by atoms with E-state index in [0.717, 1.165) is 38.2 Å². The van der Waals surface area contributed by atoms with Crippen LogP contribution in [-0.4, -0.2) is 62.7 Å². The SMILES string of the molecule is Cc1cccc([C@H](CNC(=O)c2ccc(N3CCC[C@@H](C(N)=O)C3)cc2)N2CCOCC2)c1. The van der Waals surface area contributed by atoms with Gasteiger partial charge in [0.1, 0.15) is 0 Å². The molecule has 0 saturated carbocycles. The molecule has 33 heavy (non-hydrogen) atoms. The summed E-state index contributed by atoms with van der Waals surface area (Å²) in [7, 11) is 0. The van der Waals surface area contributed by atoms with E-state index in [9.17, 15) is 9.59 Å². The molecule has 0 aromatic heterocycles. The minimum absolute atomic E-state index is 0.0823. The van der Waals surface area contributed by atoms with E-state index >= 15 is 0 Å². The standard InChI is InChI=1S/C26H34N4O3/c1-19-4-2-5-21(16-19)24(29-12-14-33-15-13-29)17-28-26(32)20-7-9-23(10-8-20)30-11-3-6-22(18-30)25(27)31/h2,4-5,7-10,16,22,24H,3,6,11-15,17-18H2,1H3,(H2,27,31)(H,28,32)/t22-,24+/m1/s1. The third-order valence-electron chi connectivity index (χ3n) is 6.69. The number of rotatable bonds is 7. The monoisotopic (exact) mass is 450 g/mol. The summed E-state index contributed by atoms with van der Waals surface area (Å²) in [5.41, 5.74) is 9.57. The Morgan fingerprint density at radius 2 is 1.88 bits per heavy atom. The summed E-state index contributed by atoms with van der Waals surface area (Å²) in [6.45, 7) is 7.29. The number of morpholine rings is 1. The summed E-state index contributed by atoms with van der Waals surface area (Å²) in [5, 5.41) is 3.14. The Labute approximate surface area is 195 Å². The number of hydrogen-bond donors (Lipinski definition) is 2. The Balaban J connectivity index is 1.40. The number of amides is 2. The molecule has 2 aromatic rings. The first-order valence-corrected chi connectivity index (χ1v) is 11.8. The van der Waals surface area contributed by atoms with Gasteiger partial charge >= 0.3 is 0 Å². The Morgan fingerprint density at radius 3 is 2.58 bits per heavy atom. The van der Waals surface area contributed by atoms with E-state index in [1.54, 1.807) is 0 Å². The number of carbonyl (C=O) groups excluding carboxylic acids is 2. The van der Waals surface area contributed by atoms with Crippen molar-refractivity contribution < 1.29 is 14.3 Å². The number of benzene rings is 2. The number of nitrogens with one attached hydrogen (secondary N) is 1. The van der Waals surface area contributed by atoms with Crippen LogP contribution in [0.4, 0.5) is 5.69 Å². The second-order valence-electron chi connectivity index (χ2n) is 9.02. The molecule has 0 bridgehead atoms. The van der Waals surface area contributed by atoms with E-state index in [1.165, 1.54) is 11.1 Å². The van der Waals surface area contributed by atoms with Gasteiger partial charge in [-0.15, -0.1) is 0 Å². The van der Waals surface area contributed by atoms with Crippen molar-refractivity contribution in [3.63, 3.8) is 0 Å². The molecular weight excluding hydrogens is 416 g/mol. The summed E-state index contributed by atoms with van der Waals surface area (Å²) < 4.78 is 5.53. The normalized spacial score (nSPS) is 20.3. The highest BCUT2D eigenvalue weighted by Crippen LogP contribution is 2.24. The van der Waals surface area contributed by atoms with Crippen LogP contribution >= 0.6 is 0 Å². The van der Waals surface area contributed by atoms with E-state index in [1.807, 2.05) is 24.3 Å². The van der Waals surface area contributed by atoms with Gasteiger partial charge in [0.2, 0.25) is 5.91 Å². The first-order chi connectivity index (χ1) is 16.0. The van der Waals surface area contributed by atoms with Gasteiger partial charge in [-0.25, -0.2) is 0 Å². The molecule has 2 aromatic carbocycles. The molecule has 2 heterocycles. The Kier molecular flexibility index (Phi) is 7.62. The highest BCUT2D eigenvalue weighted by atomic mass is 16.5. The van der Waals surface area contributed by atoms with E-state index in [-0.39, 0.29) is 23.8 Å². The molecule has 0 aliphatic carbocycles. The van der Waals surface area contributed by atoms with Crippen molar-refractivity contribution in [2.24, 2.45) is 11.7 Å². The lowest BCUT2D eigenvalue weighted by atomic mass is 9.97. The molecule has 4 rings (SSSR count). The average molecular weight is 451 g/mol. The van der Waals surface area contributed by atoms with E-state index < -0.39 is 0 Å². The van der Waals surface area contributed by atoms with Gasteiger partial charge in [0.15, 0.2) is 0 Å². The fourth-order valence-corrected chi connectivity index (χ4v) is 4.78. The van der Waals surface area contributed by atoms with E-state index in [0.29, 0.717) is 31.9 Å². The fraction of sp³-hybridized carbons (Fsp3) is 0.462. The second kappa shape index (κ2) is 10.8. The molecule has 7 nitrogen and oxygen atoms in total. The average Bonchev–Trinajstić information content (AvgIpc) is 2.85. The van der Waals surface area contributed by atoms with Gasteiger partial charge in [-0.3, -0.25) is 14.5 Å².